The lowest BCUT2D eigenvalue weighted by Gasteiger charge is -2.27. The summed E-state index contributed by atoms with van der Waals surface area (Å²) >= 11 is 5.99. The summed E-state index contributed by atoms with van der Waals surface area (Å²) in [6.45, 7) is 0.930. The van der Waals surface area contributed by atoms with E-state index in [4.69, 9.17) is 11.6 Å². The Kier molecular flexibility index (Phi) is 4.24. The molecule has 0 aromatic carbocycles. The number of halogens is 1. The van der Waals surface area contributed by atoms with E-state index in [-0.39, 0.29) is 12.0 Å². The molecular formula is C12H19ClN4O. The Morgan fingerprint density at radius 1 is 1.39 bits per heavy atom. The normalized spacial score (nSPS) is 17.7. The monoisotopic (exact) mass is 270 g/mol. The van der Waals surface area contributed by atoms with Gasteiger partial charge in [-0.15, -0.1) is 0 Å². The molecule has 0 amide bonds. The van der Waals surface area contributed by atoms with E-state index in [9.17, 15) is 5.11 Å². The Labute approximate surface area is 112 Å². The van der Waals surface area contributed by atoms with Crippen molar-refractivity contribution in [1.82, 2.24) is 9.97 Å². The summed E-state index contributed by atoms with van der Waals surface area (Å²) in [4.78, 5) is 8.12. The molecule has 1 saturated carbocycles. The molecule has 1 aliphatic carbocycles. The molecule has 3 N–H and O–H groups in total. The minimum Gasteiger partial charge on any atom is -0.396 e. The van der Waals surface area contributed by atoms with Crippen molar-refractivity contribution in [2.24, 2.45) is 5.41 Å². The van der Waals surface area contributed by atoms with Gasteiger partial charge in [0.2, 0.25) is 0 Å². The smallest absolute Gasteiger partial charge is 0.157 e. The summed E-state index contributed by atoms with van der Waals surface area (Å²) in [5.41, 5.74) is 0.688. The number of rotatable bonds is 5. The van der Waals surface area contributed by atoms with Gasteiger partial charge in [0.1, 0.15) is 12.0 Å². The topological polar surface area (TPSA) is 70.1 Å². The van der Waals surface area contributed by atoms with Crippen LogP contribution in [-0.4, -0.2) is 35.3 Å². The van der Waals surface area contributed by atoms with Gasteiger partial charge in [-0.2, -0.15) is 0 Å². The van der Waals surface area contributed by atoms with E-state index in [0.717, 1.165) is 12.8 Å². The van der Waals surface area contributed by atoms with Gasteiger partial charge in [0.15, 0.2) is 11.0 Å². The maximum absolute atomic E-state index is 9.56. The number of nitrogens with one attached hydrogen (secondary N) is 2. The van der Waals surface area contributed by atoms with Crippen LogP contribution in [0, 0.1) is 5.41 Å². The molecule has 0 atom stereocenters. The summed E-state index contributed by atoms with van der Waals surface area (Å²) in [7, 11) is 1.78. The summed E-state index contributed by atoms with van der Waals surface area (Å²) in [6.07, 6.45) is 5.93. The van der Waals surface area contributed by atoms with Crippen molar-refractivity contribution in [2.75, 3.05) is 30.8 Å². The predicted molar refractivity (Wildman–Crippen MR) is 73.1 cm³/mol. The van der Waals surface area contributed by atoms with Crippen LogP contribution in [0.1, 0.15) is 25.7 Å². The highest BCUT2D eigenvalue weighted by Gasteiger charge is 2.33. The maximum atomic E-state index is 9.56. The zero-order valence-corrected chi connectivity index (χ0v) is 11.3. The fourth-order valence-corrected chi connectivity index (χ4v) is 2.73. The summed E-state index contributed by atoms with van der Waals surface area (Å²) in [6, 6.07) is 0. The van der Waals surface area contributed by atoms with Crippen LogP contribution < -0.4 is 10.6 Å². The second-order valence-corrected chi connectivity index (χ2v) is 5.21. The molecule has 1 aromatic heterocycles. The van der Waals surface area contributed by atoms with Crippen molar-refractivity contribution in [3.63, 3.8) is 0 Å². The molecule has 1 aromatic rings. The first-order chi connectivity index (χ1) is 8.71. The van der Waals surface area contributed by atoms with Gasteiger partial charge in [-0.25, -0.2) is 9.97 Å². The van der Waals surface area contributed by atoms with Gasteiger partial charge in [-0.1, -0.05) is 24.4 Å². The minimum absolute atomic E-state index is 0.0115. The van der Waals surface area contributed by atoms with E-state index >= 15 is 0 Å². The number of nitrogens with zero attached hydrogens (tertiary/aromatic N) is 2. The van der Waals surface area contributed by atoms with Crippen LogP contribution in [0.25, 0.3) is 0 Å². The molecule has 0 bridgehead atoms. The van der Waals surface area contributed by atoms with Gasteiger partial charge in [-0.3, -0.25) is 0 Å². The molecule has 1 fully saturated rings. The minimum atomic E-state index is -0.0115. The van der Waals surface area contributed by atoms with E-state index in [0.29, 0.717) is 23.2 Å². The average Bonchev–Trinajstić information content (AvgIpc) is 2.86. The Morgan fingerprint density at radius 2 is 2.11 bits per heavy atom. The molecule has 0 saturated heterocycles. The first kappa shape index (κ1) is 13.4. The number of aromatic nitrogens is 2. The second kappa shape index (κ2) is 5.71. The quantitative estimate of drug-likeness (QED) is 0.715. The third kappa shape index (κ3) is 2.67. The molecule has 0 unspecified atom stereocenters. The Bertz CT molecular complexity index is 407. The lowest BCUT2D eigenvalue weighted by molar-refractivity contribution is 0.142. The van der Waals surface area contributed by atoms with Crippen LogP contribution in [0.15, 0.2) is 6.33 Å². The van der Waals surface area contributed by atoms with Gasteiger partial charge in [0, 0.05) is 19.0 Å². The molecule has 18 heavy (non-hydrogen) atoms. The fourth-order valence-electron chi connectivity index (χ4n) is 2.51. The van der Waals surface area contributed by atoms with E-state index in [1.54, 1.807) is 7.05 Å². The van der Waals surface area contributed by atoms with Crippen LogP contribution in [-0.2, 0) is 0 Å². The molecule has 6 heteroatoms. The van der Waals surface area contributed by atoms with Gasteiger partial charge < -0.3 is 15.7 Å². The standard InChI is InChI=1S/C12H19ClN4O/c1-14-9-10(13)16-8-17-11(9)15-6-12(7-18)4-2-3-5-12/h8,14,18H,2-7H2,1H3,(H,15,16,17). The number of aliphatic hydroxyl groups is 1. The van der Waals surface area contributed by atoms with E-state index < -0.39 is 0 Å². The third-order valence-corrected chi connectivity index (χ3v) is 3.97. The zero-order chi connectivity index (χ0) is 13.0. The van der Waals surface area contributed by atoms with Crippen molar-refractivity contribution in [3.05, 3.63) is 11.5 Å². The molecule has 1 heterocycles. The first-order valence-electron chi connectivity index (χ1n) is 6.24. The second-order valence-electron chi connectivity index (χ2n) is 4.86. The predicted octanol–water partition coefficient (Wildman–Crippen LogP) is 2.14. The molecular weight excluding hydrogens is 252 g/mol. The summed E-state index contributed by atoms with van der Waals surface area (Å²) < 4.78 is 0. The van der Waals surface area contributed by atoms with Gasteiger partial charge >= 0.3 is 0 Å². The maximum Gasteiger partial charge on any atom is 0.157 e. The van der Waals surface area contributed by atoms with E-state index in [1.165, 1.54) is 19.2 Å². The molecule has 0 radical (unpaired) electrons. The highest BCUT2D eigenvalue weighted by atomic mass is 35.5. The lowest BCUT2D eigenvalue weighted by atomic mass is 9.87. The van der Waals surface area contributed by atoms with Crippen molar-refractivity contribution >= 4 is 23.1 Å². The molecule has 2 rings (SSSR count). The number of aliphatic hydroxyl groups excluding tert-OH is 1. The van der Waals surface area contributed by atoms with Crippen molar-refractivity contribution in [3.8, 4) is 0 Å². The molecule has 100 valence electrons. The molecule has 0 spiro atoms. The number of hydrogen-bond acceptors (Lipinski definition) is 5. The van der Waals surface area contributed by atoms with Crippen molar-refractivity contribution in [2.45, 2.75) is 25.7 Å². The van der Waals surface area contributed by atoms with Crippen LogP contribution in [0.5, 0.6) is 0 Å². The summed E-state index contributed by atoms with van der Waals surface area (Å²) in [5, 5.41) is 16.2. The third-order valence-electron chi connectivity index (χ3n) is 3.68. The number of anilines is 2. The molecule has 0 aliphatic heterocycles. The molecule has 5 nitrogen and oxygen atoms in total. The van der Waals surface area contributed by atoms with Crippen LogP contribution in [0.2, 0.25) is 5.15 Å². The van der Waals surface area contributed by atoms with Crippen LogP contribution in [0.3, 0.4) is 0 Å². The average molecular weight is 271 g/mol. The Balaban J connectivity index is 2.08. The van der Waals surface area contributed by atoms with Crippen molar-refractivity contribution in [1.29, 1.82) is 0 Å². The summed E-state index contributed by atoms with van der Waals surface area (Å²) in [5.74, 6) is 0.692. The first-order valence-corrected chi connectivity index (χ1v) is 6.61. The lowest BCUT2D eigenvalue weighted by Crippen LogP contribution is -2.31. The number of hydrogen-bond donors (Lipinski definition) is 3. The van der Waals surface area contributed by atoms with Gasteiger partial charge in [-0.05, 0) is 12.8 Å². The largest absolute Gasteiger partial charge is 0.396 e. The van der Waals surface area contributed by atoms with E-state index in [2.05, 4.69) is 20.6 Å². The van der Waals surface area contributed by atoms with Crippen LogP contribution >= 0.6 is 11.6 Å². The Morgan fingerprint density at radius 3 is 2.72 bits per heavy atom. The highest BCUT2D eigenvalue weighted by molar-refractivity contribution is 6.32. The van der Waals surface area contributed by atoms with E-state index in [1.807, 2.05) is 0 Å². The zero-order valence-electron chi connectivity index (χ0n) is 10.5. The Hall–Kier alpha value is -1.07. The SMILES string of the molecule is CNc1c(Cl)ncnc1NCC1(CO)CCCC1. The van der Waals surface area contributed by atoms with Gasteiger partial charge in [0.05, 0.1) is 6.61 Å². The molecule has 1 aliphatic rings. The van der Waals surface area contributed by atoms with Gasteiger partial charge in [0.25, 0.3) is 0 Å². The fraction of sp³-hybridized carbons (Fsp3) is 0.667. The van der Waals surface area contributed by atoms with Crippen molar-refractivity contribution < 1.29 is 5.11 Å². The van der Waals surface area contributed by atoms with Crippen LogP contribution in [0.4, 0.5) is 11.5 Å². The highest BCUT2D eigenvalue weighted by Crippen LogP contribution is 2.38.